The third-order valence-electron chi connectivity index (χ3n) is 2.24. The summed E-state index contributed by atoms with van der Waals surface area (Å²) in [6.07, 6.45) is 1.47. The number of hydrogen-bond acceptors (Lipinski definition) is 3. The molecule has 88 valence electrons. The number of hydrogen-bond donors (Lipinski definition) is 1. The van der Waals surface area contributed by atoms with Gasteiger partial charge in [-0.05, 0) is 29.8 Å². The molecule has 0 saturated carbocycles. The Bertz CT molecular complexity index is 491. The van der Waals surface area contributed by atoms with Crippen LogP contribution in [-0.4, -0.2) is 13.0 Å². The Labute approximate surface area is 99.2 Å². The number of methoxy groups -OCH3 is 1. The molecule has 4 heteroatoms. The fourth-order valence-corrected chi connectivity index (χ4v) is 1.51. The molecule has 0 fully saturated rings. The largest absolute Gasteiger partial charge is 0.459 e. The van der Waals surface area contributed by atoms with Crippen LogP contribution in [0.25, 0.3) is 0 Å². The summed E-state index contributed by atoms with van der Waals surface area (Å²) in [6, 6.07) is 10.8. The Kier molecular flexibility index (Phi) is 3.57. The summed E-state index contributed by atoms with van der Waals surface area (Å²) in [5.74, 6) is 0.0340. The van der Waals surface area contributed by atoms with Crippen molar-refractivity contribution < 1.29 is 13.9 Å². The molecule has 0 unspecified atom stereocenters. The Hall–Kier alpha value is -2.07. The normalized spacial score (nSPS) is 10.2. The molecule has 1 aromatic carbocycles. The number of anilines is 1. The van der Waals surface area contributed by atoms with Crippen LogP contribution in [0.15, 0.2) is 47.1 Å². The van der Waals surface area contributed by atoms with Crippen LogP contribution in [0.4, 0.5) is 5.69 Å². The van der Waals surface area contributed by atoms with Gasteiger partial charge >= 0.3 is 0 Å². The van der Waals surface area contributed by atoms with Crippen molar-refractivity contribution in [2.24, 2.45) is 0 Å². The minimum atomic E-state index is -0.260. The predicted molar refractivity (Wildman–Crippen MR) is 63.8 cm³/mol. The molecule has 2 aromatic rings. The van der Waals surface area contributed by atoms with Crippen LogP contribution in [0.3, 0.4) is 0 Å². The van der Waals surface area contributed by atoms with E-state index >= 15 is 0 Å². The first-order valence-electron chi connectivity index (χ1n) is 5.22. The Balaban J connectivity index is 2.08. The summed E-state index contributed by atoms with van der Waals surface area (Å²) < 4.78 is 10.0. The second-order valence-electron chi connectivity index (χ2n) is 3.56. The SMILES string of the molecule is COCc1cccc(NC(=O)c2ccco2)c1. The third-order valence-corrected chi connectivity index (χ3v) is 2.24. The smallest absolute Gasteiger partial charge is 0.291 e. The number of benzene rings is 1. The fraction of sp³-hybridized carbons (Fsp3) is 0.154. The van der Waals surface area contributed by atoms with Gasteiger partial charge < -0.3 is 14.5 Å². The molecule has 0 aliphatic rings. The highest BCUT2D eigenvalue weighted by molar-refractivity contribution is 6.02. The summed E-state index contributed by atoms with van der Waals surface area (Å²) in [5.41, 5.74) is 1.73. The average molecular weight is 231 g/mol. The van der Waals surface area contributed by atoms with Gasteiger partial charge in [-0.25, -0.2) is 0 Å². The van der Waals surface area contributed by atoms with E-state index in [9.17, 15) is 4.79 Å². The second kappa shape index (κ2) is 5.32. The summed E-state index contributed by atoms with van der Waals surface area (Å²) in [6.45, 7) is 0.518. The molecule has 17 heavy (non-hydrogen) atoms. The van der Waals surface area contributed by atoms with Crippen molar-refractivity contribution in [2.45, 2.75) is 6.61 Å². The van der Waals surface area contributed by atoms with Gasteiger partial charge in [0.05, 0.1) is 12.9 Å². The van der Waals surface area contributed by atoms with Gasteiger partial charge in [-0.15, -0.1) is 0 Å². The summed E-state index contributed by atoms with van der Waals surface area (Å²) in [4.78, 5) is 11.7. The number of ether oxygens (including phenoxy) is 1. The topological polar surface area (TPSA) is 51.5 Å². The quantitative estimate of drug-likeness (QED) is 0.880. The van der Waals surface area contributed by atoms with E-state index < -0.39 is 0 Å². The molecule has 1 heterocycles. The molecule has 2 rings (SSSR count). The van der Waals surface area contributed by atoms with E-state index in [1.165, 1.54) is 6.26 Å². The van der Waals surface area contributed by atoms with E-state index in [1.54, 1.807) is 19.2 Å². The van der Waals surface area contributed by atoms with Crippen molar-refractivity contribution in [1.82, 2.24) is 0 Å². The first-order chi connectivity index (χ1) is 8.29. The van der Waals surface area contributed by atoms with Crippen molar-refractivity contribution >= 4 is 11.6 Å². The number of carbonyl (C=O) groups excluding carboxylic acids is 1. The lowest BCUT2D eigenvalue weighted by atomic mass is 10.2. The van der Waals surface area contributed by atoms with E-state index in [-0.39, 0.29) is 5.91 Å². The first-order valence-corrected chi connectivity index (χ1v) is 5.22. The molecule has 0 atom stereocenters. The third kappa shape index (κ3) is 2.95. The maximum Gasteiger partial charge on any atom is 0.291 e. The van der Waals surface area contributed by atoms with E-state index in [2.05, 4.69) is 5.32 Å². The van der Waals surface area contributed by atoms with Gasteiger partial charge in [0.1, 0.15) is 0 Å². The maximum absolute atomic E-state index is 11.7. The van der Waals surface area contributed by atoms with Crippen molar-refractivity contribution in [2.75, 3.05) is 12.4 Å². The van der Waals surface area contributed by atoms with E-state index in [1.807, 2.05) is 24.3 Å². The van der Waals surface area contributed by atoms with Gasteiger partial charge in [-0.1, -0.05) is 12.1 Å². The van der Waals surface area contributed by atoms with Gasteiger partial charge in [0.2, 0.25) is 0 Å². The standard InChI is InChI=1S/C13H13NO3/c1-16-9-10-4-2-5-11(8-10)14-13(15)12-6-3-7-17-12/h2-8H,9H2,1H3,(H,14,15). The molecule has 0 aliphatic carbocycles. The van der Waals surface area contributed by atoms with E-state index in [4.69, 9.17) is 9.15 Å². The fourth-order valence-electron chi connectivity index (χ4n) is 1.51. The monoisotopic (exact) mass is 231 g/mol. The molecule has 4 nitrogen and oxygen atoms in total. The van der Waals surface area contributed by atoms with Gasteiger partial charge in [0, 0.05) is 12.8 Å². The lowest BCUT2D eigenvalue weighted by Gasteiger charge is -2.05. The molecular weight excluding hydrogens is 218 g/mol. The van der Waals surface area contributed by atoms with Crippen LogP contribution < -0.4 is 5.32 Å². The van der Waals surface area contributed by atoms with Gasteiger partial charge in [-0.2, -0.15) is 0 Å². The van der Waals surface area contributed by atoms with Crippen molar-refractivity contribution in [3.05, 3.63) is 54.0 Å². The molecule has 0 radical (unpaired) electrons. The number of carbonyl (C=O) groups is 1. The highest BCUT2D eigenvalue weighted by Crippen LogP contribution is 2.13. The molecule has 0 saturated heterocycles. The molecule has 1 N–H and O–H groups in total. The predicted octanol–water partition coefficient (Wildman–Crippen LogP) is 2.68. The molecular formula is C13H13NO3. The van der Waals surface area contributed by atoms with Crippen molar-refractivity contribution in [1.29, 1.82) is 0 Å². The Morgan fingerprint density at radius 2 is 2.24 bits per heavy atom. The zero-order valence-corrected chi connectivity index (χ0v) is 9.47. The minimum Gasteiger partial charge on any atom is -0.459 e. The molecule has 0 bridgehead atoms. The number of amides is 1. The Morgan fingerprint density at radius 3 is 2.94 bits per heavy atom. The van der Waals surface area contributed by atoms with Crippen molar-refractivity contribution in [3.8, 4) is 0 Å². The van der Waals surface area contributed by atoms with Crippen LogP contribution in [0.1, 0.15) is 16.1 Å². The van der Waals surface area contributed by atoms with Crippen LogP contribution in [0, 0.1) is 0 Å². The molecule has 0 spiro atoms. The van der Waals surface area contributed by atoms with Gasteiger partial charge in [-0.3, -0.25) is 4.79 Å². The van der Waals surface area contributed by atoms with Gasteiger partial charge in [0.25, 0.3) is 5.91 Å². The maximum atomic E-state index is 11.7. The highest BCUT2D eigenvalue weighted by atomic mass is 16.5. The van der Waals surface area contributed by atoms with Crippen molar-refractivity contribution in [3.63, 3.8) is 0 Å². The summed E-state index contributed by atoms with van der Waals surface area (Å²) >= 11 is 0. The van der Waals surface area contributed by atoms with E-state index in [0.717, 1.165) is 11.3 Å². The summed E-state index contributed by atoms with van der Waals surface area (Å²) in [7, 11) is 1.63. The van der Waals surface area contributed by atoms with Crippen LogP contribution in [0.2, 0.25) is 0 Å². The Morgan fingerprint density at radius 1 is 1.35 bits per heavy atom. The highest BCUT2D eigenvalue weighted by Gasteiger charge is 2.08. The lowest BCUT2D eigenvalue weighted by molar-refractivity contribution is 0.0996. The first kappa shape index (κ1) is 11.4. The molecule has 1 aromatic heterocycles. The van der Waals surface area contributed by atoms with Crippen LogP contribution in [-0.2, 0) is 11.3 Å². The minimum absolute atomic E-state index is 0.260. The zero-order chi connectivity index (χ0) is 12.1. The number of nitrogens with one attached hydrogen (secondary N) is 1. The molecule has 1 amide bonds. The summed E-state index contributed by atoms with van der Waals surface area (Å²) in [5, 5.41) is 2.75. The molecule has 0 aliphatic heterocycles. The number of rotatable bonds is 4. The lowest BCUT2D eigenvalue weighted by Crippen LogP contribution is -2.10. The zero-order valence-electron chi connectivity index (χ0n) is 9.47. The van der Waals surface area contributed by atoms with E-state index in [0.29, 0.717) is 12.4 Å². The van der Waals surface area contributed by atoms with Crippen LogP contribution in [0.5, 0.6) is 0 Å². The number of furan rings is 1. The van der Waals surface area contributed by atoms with Gasteiger partial charge in [0.15, 0.2) is 5.76 Å². The average Bonchev–Trinajstić information content (AvgIpc) is 2.83. The van der Waals surface area contributed by atoms with Crippen LogP contribution >= 0.6 is 0 Å². The second-order valence-corrected chi connectivity index (χ2v) is 3.56.